The van der Waals surface area contributed by atoms with Crippen molar-refractivity contribution < 1.29 is 9.15 Å². The smallest absolute Gasteiger partial charge is 0.297 e. The van der Waals surface area contributed by atoms with Gasteiger partial charge in [0.05, 0.1) is 12.3 Å². The average Bonchev–Trinajstić information content (AvgIpc) is 2.80. The first-order chi connectivity index (χ1) is 8.96. The molecular weight excluding hydrogens is 242 g/mol. The SMILES string of the molecule is CCOCCN(CC)c1nc(CNC(C)(C)C)co1. The van der Waals surface area contributed by atoms with Crippen molar-refractivity contribution in [2.75, 3.05) is 31.2 Å². The minimum atomic E-state index is 0.0819. The van der Waals surface area contributed by atoms with Crippen LogP contribution in [0.1, 0.15) is 40.3 Å². The molecule has 5 heteroatoms. The van der Waals surface area contributed by atoms with Crippen molar-refractivity contribution in [1.29, 1.82) is 0 Å². The fraction of sp³-hybridized carbons (Fsp3) is 0.786. The minimum Gasteiger partial charge on any atom is -0.432 e. The summed E-state index contributed by atoms with van der Waals surface area (Å²) in [5.74, 6) is 0. The standard InChI is InChI=1S/C14H27N3O2/c1-6-17(8-9-18-7-2)13-16-12(11-19-13)10-15-14(3,4)5/h11,15H,6-10H2,1-5H3. The van der Waals surface area contributed by atoms with E-state index >= 15 is 0 Å². The molecule has 0 fully saturated rings. The summed E-state index contributed by atoms with van der Waals surface area (Å²) in [6, 6.07) is 0.674. The van der Waals surface area contributed by atoms with E-state index in [0.29, 0.717) is 12.6 Å². The lowest BCUT2D eigenvalue weighted by Crippen LogP contribution is -2.35. The van der Waals surface area contributed by atoms with Crippen LogP contribution >= 0.6 is 0 Å². The van der Waals surface area contributed by atoms with Crippen LogP contribution < -0.4 is 10.2 Å². The van der Waals surface area contributed by atoms with Crippen molar-refractivity contribution in [1.82, 2.24) is 10.3 Å². The summed E-state index contributed by atoms with van der Waals surface area (Å²) < 4.78 is 10.9. The van der Waals surface area contributed by atoms with Crippen LogP contribution in [0.5, 0.6) is 0 Å². The molecule has 0 bridgehead atoms. The van der Waals surface area contributed by atoms with E-state index in [9.17, 15) is 0 Å². The lowest BCUT2D eigenvalue weighted by molar-refractivity contribution is 0.153. The molecular formula is C14H27N3O2. The normalized spacial score (nSPS) is 11.8. The van der Waals surface area contributed by atoms with Gasteiger partial charge in [0.2, 0.25) is 0 Å². The molecule has 0 saturated heterocycles. The molecule has 0 spiro atoms. The Labute approximate surface area is 116 Å². The Morgan fingerprint density at radius 3 is 2.68 bits per heavy atom. The van der Waals surface area contributed by atoms with E-state index in [1.165, 1.54) is 0 Å². The van der Waals surface area contributed by atoms with Gasteiger partial charge in [-0.15, -0.1) is 0 Å². The molecule has 1 aromatic rings. The van der Waals surface area contributed by atoms with Gasteiger partial charge >= 0.3 is 0 Å². The second kappa shape index (κ2) is 7.50. The Hall–Kier alpha value is -1.07. The number of likely N-dealkylation sites (N-methyl/N-ethyl adjacent to an activating group) is 1. The third-order valence-corrected chi connectivity index (χ3v) is 2.70. The van der Waals surface area contributed by atoms with Crippen LogP contribution in [-0.2, 0) is 11.3 Å². The van der Waals surface area contributed by atoms with Crippen LogP contribution in [0.25, 0.3) is 0 Å². The van der Waals surface area contributed by atoms with Crippen LogP contribution in [-0.4, -0.2) is 36.8 Å². The van der Waals surface area contributed by atoms with Crippen molar-refractivity contribution in [2.45, 2.75) is 46.7 Å². The summed E-state index contributed by atoms with van der Waals surface area (Å²) in [6.45, 7) is 14.3. The van der Waals surface area contributed by atoms with Crippen LogP contribution in [0.3, 0.4) is 0 Å². The third-order valence-electron chi connectivity index (χ3n) is 2.70. The number of aromatic nitrogens is 1. The molecule has 0 aliphatic rings. The largest absolute Gasteiger partial charge is 0.432 e. The van der Waals surface area contributed by atoms with Crippen molar-refractivity contribution in [2.24, 2.45) is 0 Å². The van der Waals surface area contributed by atoms with E-state index < -0.39 is 0 Å². The van der Waals surface area contributed by atoms with Crippen LogP contribution in [0.15, 0.2) is 10.7 Å². The Bertz CT molecular complexity index is 358. The zero-order chi connectivity index (χ0) is 14.3. The molecule has 5 nitrogen and oxygen atoms in total. The van der Waals surface area contributed by atoms with Gasteiger partial charge in [-0.1, -0.05) is 0 Å². The number of anilines is 1. The Kier molecular flexibility index (Phi) is 6.31. The second-order valence-corrected chi connectivity index (χ2v) is 5.50. The lowest BCUT2D eigenvalue weighted by atomic mass is 10.1. The molecule has 1 heterocycles. The number of ether oxygens (including phenoxy) is 1. The first-order valence-corrected chi connectivity index (χ1v) is 6.98. The van der Waals surface area contributed by atoms with Crippen LogP contribution in [0.4, 0.5) is 6.01 Å². The van der Waals surface area contributed by atoms with Crippen molar-refractivity contribution in [3.05, 3.63) is 12.0 Å². The van der Waals surface area contributed by atoms with Crippen molar-refractivity contribution in [3.63, 3.8) is 0 Å². The van der Waals surface area contributed by atoms with Gasteiger partial charge in [0, 0.05) is 31.8 Å². The zero-order valence-electron chi connectivity index (χ0n) is 12.8. The molecule has 1 rings (SSSR count). The van der Waals surface area contributed by atoms with E-state index in [0.717, 1.165) is 31.9 Å². The van der Waals surface area contributed by atoms with Crippen LogP contribution in [0.2, 0.25) is 0 Å². The molecule has 0 amide bonds. The van der Waals surface area contributed by atoms with Gasteiger partial charge < -0.3 is 19.4 Å². The monoisotopic (exact) mass is 269 g/mol. The molecule has 0 saturated carbocycles. The van der Waals surface area contributed by atoms with E-state index in [1.807, 2.05) is 6.92 Å². The summed E-state index contributed by atoms with van der Waals surface area (Å²) in [6.07, 6.45) is 1.72. The summed E-state index contributed by atoms with van der Waals surface area (Å²) in [7, 11) is 0. The topological polar surface area (TPSA) is 50.5 Å². The molecule has 0 radical (unpaired) electrons. The number of nitrogens with one attached hydrogen (secondary N) is 1. The Morgan fingerprint density at radius 1 is 1.37 bits per heavy atom. The number of nitrogens with zero attached hydrogens (tertiary/aromatic N) is 2. The highest BCUT2D eigenvalue weighted by atomic mass is 16.5. The van der Waals surface area contributed by atoms with E-state index in [2.05, 4.69) is 42.9 Å². The maximum absolute atomic E-state index is 5.53. The fourth-order valence-electron chi connectivity index (χ4n) is 1.59. The summed E-state index contributed by atoms with van der Waals surface area (Å²) >= 11 is 0. The Morgan fingerprint density at radius 2 is 2.11 bits per heavy atom. The van der Waals surface area contributed by atoms with Gasteiger partial charge in [0.1, 0.15) is 6.26 Å². The number of hydrogen-bond acceptors (Lipinski definition) is 5. The Balaban J connectivity index is 2.51. The highest BCUT2D eigenvalue weighted by molar-refractivity contribution is 5.26. The number of oxazole rings is 1. The summed E-state index contributed by atoms with van der Waals surface area (Å²) in [5, 5.41) is 3.40. The molecule has 1 N–H and O–H groups in total. The minimum absolute atomic E-state index is 0.0819. The fourth-order valence-corrected chi connectivity index (χ4v) is 1.59. The quantitative estimate of drug-likeness (QED) is 0.735. The van der Waals surface area contributed by atoms with E-state index in [1.54, 1.807) is 6.26 Å². The van der Waals surface area contributed by atoms with Crippen molar-refractivity contribution in [3.8, 4) is 0 Å². The first kappa shape index (κ1) is 16.0. The molecule has 110 valence electrons. The van der Waals surface area contributed by atoms with Gasteiger partial charge in [-0.05, 0) is 34.6 Å². The zero-order valence-corrected chi connectivity index (χ0v) is 12.8. The molecule has 0 aliphatic carbocycles. The van der Waals surface area contributed by atoms with Gasteiger partial charge in [-0.3, -0.25) is 0 Å². The molecule has 19 heavy (non-hydrogen) atoms. The molecule has 0 unspecified atom stereocenters. The number of rotatable bonds is 8. The summed E-state index contributed by atoms with van der Waals surface area (Å²) in [5.41, 5.74) is 1.01. The predicted molar refractivity (Wildman–Crippen MR) is 77.5 cm³/mol. The third kappa shape index (κ3) is 6.07. The van der Waals surface area contributed by atoms with Crippen molar-refractivity contribution >= 4 is 6.01 Å². The molecule has 0 aliphatic heterocycles. The maximum Gasteiger partial charge on any atom is 0.297 e. The van der Waals surface area contributed by atoms with Gasteiger partial charge in [-0.25, -0.2) is 0 Å². The average molecular weight is 269 g/mol. The lowest BCUT2D eigenvalue weighted by Gasteiger charge is -2.19. The number of hydrogen-bond donors (Lipinski definition) is 1. The molecule has 0 aromatic carbocycles. The molecule has 0 atom stereocenters. The van der Waals surface area contributed by atoms with E-state index in [-0.39, 0.29) is 5.54 Å². The second-order valence-electron chi connectivity index (χ2n) is 5.50. The highest BCUT2D eigenvalue weighted by Gasteiger charge is 2.13. The van der Waals surface area contributed by atoms with Crippen LogP contribution in [0, 0.1) is 0 Å². The van der Waals surface area contributed by atoms with Gasteiger partial charge in [0.25, 0.3) is 6.01 Å². The highest BCUT2D eigenvalue weighted by Crippen LogP contribution is 2.14. The first-order valence-electron chi connectivity index (χ1n) is 6.98. The van der Waals surface area contributed by atoms with Gasteiger partial charge in [0.15, 0.2) is 0 Å². The predicted octanol–water partition coefficient (Wildman–Crippen LogP) is 2.43. The summed E-state index contributed by atoms with van der Waals surface area (Å²) in [4.78, 5) is 6.58. The maximum atomic E-state index is 5.53. The van der Waals surface area contributed by atoms with Gasteiger partial charge in [-0.2, -0.15) is 4.98 Å². The van der Waals surface area contributed by atoms with E-state index in [4.69, 9.17) is 9.15 Å². The molecule has 1 aromatic heterocycles.